The lowest BCUT2D eigenvalue weighted by molar-refractivity contribution is -0.167. The van der Waals surface area contributed by atoms with Crippen LogP contribution in [0, 0.1) is 0 Å². The first-order valence-electron chi connectivity index (χ1n) is 30.5. The summed E-state index contributed by atoms with van der Waals surface area (Å²) in [5.74, 6) is -0.969. The van der Waals surface area contributed by atoms with E-state index in [1.165, 1.54) is 109 Å². The lowest BCUT2D eigenvalue weighted by Crippen LogP contribution is -2.30. The third kappa shape index (κ3) is 58.7. The second-order valence-corrected chi connectivity index (χ2v) is 19.9. The average molecular weight is 1030 g/mol. The molecule has 0 aliphatic heterocycles. The summed E-state index contributed by atoms with van der Waals surface area (Å²) >= 11 is 0. The molecule has 6 heteroatoms. The van der Waals surface area contributed by atoms with Crippen LogP contribution < -0.4 is 0 Å². The van der Waals surface area contributed by atoms with E-state index in [9.17, 15) is 14.4 Å². The van der Waals surface area contributed by atoms with Gasteiger partial charge in [-0.2, -0.15) is 0 Å². The molecular formula is C68H112O6. The van der Waals surface area contributed by atoms with E-state index in [1.807, 2.05) is 0 Å². The van der Waals surface area contributed by atoms with Crippen molar-refractivity contribution in [3.05, 3.63) is 122 Å². The summed E-state index contributed by atoms with van der Waals surface area (Å²) in [6.45, 7) is 6.37. The van der Waals surface area contributed by atoms with Crippen LogP contribution in [0.4, 0.5) is 0 Å². The molecule has 0 aromatic rings. The third-order valence-corrected chi connectivity index (χ3v) is 12.7. The highest BCUT2D eigenvalue weighted by atomic mass is 16.6. The fourth-order valence-electron chi connectivity index (χ4n) is 8.21. The Bertz CT molecular complexity index is 1550. The molecular weight excluding hydrogens is 913 g/mol. The zero-order chi connectivity index (χ0) is 53.6. The van der Waals surface area contributed by atoms with Crippen LogP contribution in [0.25, 0.3) is 0 Å². The smallest absolute Gasteiger partial charge is 0.306 e. The van der Waals surface area contributed by atoms with E-state index >= 15 is 0 Å². The van der Waals surface area contributed by atoms with Gasteiger partial charge in [0, 0.05) is 19.3 Å². The van der Waals surface area contributed by atoms with E-state index in [4.69, 9.17) is 14.2 Å². The van der Waals surface area contributed by atoms with Gasteiger partial charge in [-0.15, -0.1) is 0 Å². The van der Waals surface area contributed by atoms with Gasteiger partial charge in [0.2, 0.25) is 0 Å². The first kappa shape index (κ1) is 69.8. The van der Waals surface area contributed by atoms with Crippen molar-refractivity contribution in [3.63, 3.8) is 0 Å². The first-order valence-corrected chi connectivity index (χ1v) is 30.5. The van der Waals surface area contributed by atoms with Gasteiger partial charge in [0.05, 0.1) is 0 Å². The maximum atomic E-state index is 12.9. The monoisotopic (exact) mass is 1020 g/mol. The SMILES string of the molecule is CC/C=C\C/C=C\C/C=C\C/C=C\C/C=C\C/C=C\C/C=C\CCCC(=O)OCC(COC(=O)CCCCCCCCCCCCCCCCCC)OC(=O)CCCCCCCCC/C=C\C/C=C\C/C=C\CC. The molecule has 0 aliphatic rings. The lowest BCUT2D eigenvalue weighted by atomic mass is 10.0. The Balaban J connectivity index is 4.49. The number of carbonyl (C=O) groups excluding carboxylic acids is 3. The molecule has 0 spiro atoms. The largest absolute Gasteiger partial charge is 0.462 e. The normalized spacial score (nSPS) is 13.0. The van der Waals surface area contributed by atoms with Crippen LogP contribution in [0.3, 0.4) is 0 Å². The van der Waals surface area contributed by atoms with Gasteiger partial charge in [-0.1, -0.05) is 271 Å². The summed E-state index contributed by atoms with van der Waals surface area (Å²) in [4.78, 5) is 38.3. The molecule has 74 heavy (non-hydrogen) atoms. The molecule has 0 aromatic heterocycles. The second kappa shape index (κ2) is 61.4. The molecule has 0 amide bonds. The molecule has 0 aromatic carbocycles. The fourth-order valence-corrected chi connectivity index (χ4v) is 8.21. The molecule has 0 heterocycles. The topological polar surface area (TPSA) is 78.9 Å². The number of unbranched alkanes of at least 4 members (excludes halogenated alkanes) is 23. The number of hydrogen-bond acceptors (Lipinski definition) is 6. The lowest BCUT2D eigenvalue weighted by Gasteiger charge is -2.18. The Kier molecular flexibility index (Phi) is 57.9. The van der Waals surface area contributed by atoms with Gasteiger partial charge >= 0.3 is 17.9 Å². The Hall–Kier alpha value is -4.19. The number of hydrogen-bond donors (Lipinski definition) is 0. The quantitative estimate of drug-likeness (QED) is 0.0261. The minimum Gasteiger partial charge on any atom is -0.462 e. The molecule has 0 rings (SSSR count). The Morgan fingerprint density at radius 3 is 0.878 bits per heavy atom. The van der Waals surface area contributed by atoms with E-state index < -0.39 is 6.10 Å². The molecule has 0 aliphatic carbocycles. The molecule has 1 atom stereocenters. The van der Waals surface area contributed by atoms with Crippen LogP contribution in [0.2, 0.25) is 0 Å². The number of carbonyl (C=O) groups is 3. The molecule has 0 fully saturated rings. The van der Waals surface area contributed by atoms with Crippen LogP contribution in [0.15, 0.2) is 122 Å². The molecule has 0 bridgehead atoms. The number of rotatable bonds is 54. The predicted octanol–water partition coefficient (Wildman–Crippen LogP) is 20.8. The van der Waals surface area contributed by atoms with E-state index in [0.717, 1.165) is 116 Å². The van der Waals surface area contributed by atoms with Crippen molar-refractivity contribution in [2.75, 3.05) is 13.2 Å². The first-order chi connectivity index (χ1) is 36.5. The van der Waals surface area contributed by atoms with E-state index in [0.29, 0.717) is 19.3 Å². The zero-order valence-electron chi connectivity index (χ0n) is 48.1. The molecule has 0 saturated carbocycles. The summed E-state index contributed by atoms with van der Waals surface area (Å²) in [7, 11) is 0. The third-order valence-electron chi connectivity index (χ3n) is 12.7. The standard InChI is InChI=1S/C68H112O6/c1-4-7-10-13-16-19-22-25-28-31-32-33-34-35-36-38-40-43-46-49-52-55-58-61-67(70)73-64-65(63-72-66(69)60-57-54-51-48-45-42-39-30-27-24-21-18-15-12-9-6-3)74-68(71)62-59-56-53-50-47-44-41-37-29-26-23-20-17-14-11-8-5-2/h7-8,10-11,16-17,19-20,25-26,28-29,32-33,35-36,40,43,49,52,65H,4-6,9,12-15,18,21-24,27,30-31,34,37-39,41-42,44-48,50-51,53-64H2,1-3H3/b10-7-,11-8-,19-16-,20-17-,28-25-,29-26-,33-32-,36-35-,43-40-,52-49-. The molecule has 0 saturated heterocycles. The maximum Gasteiger partial charge on any atom is 0.306 e. The maximum absolute atomic E-state index is 12.9. The van der Waals surface area contributed by atoms with Crippen LogP contribution in [-0.2, 0) is 28.6 Å². The van der Waals surface area contributed by atoms with Gasteiger partial charge in [0.15, 0.2) is 6.10 Å². The zero-order valence-corrected chi connectivity index (χ0v) is 48.1. The van der Waals surface area contributed by atoms with E-state index in [2.05, 4.69) is 142 Å². The average Bonchev–Trinajstić information content (AvgIpc) is 3.40. The van der Waals surface area contributed by atoms with Gasteiger partial charge < -0.3 is 14.2 Å². The minimum absolute atomic E-state index is 0.101. The Morgan fingerprint density at radius 1 is 0.284 bits per heavy atom. The van der Waals surface area contributed by atoms with E-state index in [1.54, 1.807) is 0 Å². The van der Waals surface area contributed by atoms with Gasteiger partial charge in [-0.3, -0.25) is 14.4 Å². The van der Waals surface area contributed by atoms with Crippen LogP contribution >= 0.6 is 0 Å². The van der Waals surface area contributed by atoms with Gasteiger partial charge in [-0.05, 0) is 103 Å². The van der Waals surface area contributed by atoms with E-state index in [-0.39, 0.29) is 37.5 Å². The summed E-state index contributed by atoms with van der Waals surface area (Å²) in [6.07, 6.45) is 84.8. The van der Waals surface area contributed by atoms with Gasteiger partial charge in [-0.25, -0.2) is 0 Å². The van der Waals surface area contributed by atoms with Gasteiger partial charge in [0.1, 0.15) is 13.2 Å². The highest BCUT2D eigenvalue weighted by molar-refractivity contribution is 5.71. The van der Waals surface area contributed by atoms with Crippen molar-refractivity contribution in [1.82, 2.24) is 0 Å². The molecule has 6 nitrogen and oxygen atoms in total. The summed E-state index contributed by atoms with van der Waals surface area (Å²) < 4.78 is 16.9. The van der Waals surface area contributed by atoms with Crippen LogP contribution in [-0.4, -0.2) is 37.2 Å². The molecule has 1 unspecified atom stereocenters. The number of ether oxygens (including phenoxy) is 3. The van der Waals surface area contributed by atoms with Crippen molar-refractivity contribution in [2.24, 2.45) is 0 Å². The van der Waals surface area contributed by atoms with Crippen molar-refractivity contribution < 1.29 is 28.6 Å². The Morgan fingerprint density at radius 2 is 0.541 bits per heavy atom. The summed E-state index contributed by atoms with van der Waals surface area (Å²) in [5.41, 5.74) is 0. The summed E-state index contributed by atoms with van der Waals surface area (Å²) in [6, 6.07) is 0. The highest BCUT2D eigenvalue weighted by Gasteiger charge is 2.19. The highest BCUT2D eigenvalue weighted by Crippen LogP contribution is 2.16. The van der Waals surface area contributed by atoms with Crippen molar-refractivity contribution >= 4 is 17.9 Å². The predicted molar refractivity (Wildman–Crippen MR) is 320 cm³/mol. The van der Waals surface area contributed by atoms with Crippen LogP contribution in [0.5, 0.6) is 0 Å². The minimum atomic E-state index is -0.810. The van der Waals surface area contributed by atoms with Crippen molar-refractivity contribution in [2.45, 2.75) is 277 Å². The summed E-state index contributed by atoms with van der Waals surface area (Å²) in [5, 5.41) is 0. The van der Waals surface area contributed by atoms with Gasteiger partial charge in [0.25, 0.3) is 0 Å². The van der Waals surface area contributed by atoms with Crippen LogP contribution in [0.1, 0.15) is 271 Å². The molecule has 0 radical (unpaired) electrons. The Labute approximate surface area is 456 Å². The van der Waals surface area contributed by atoms with Crippen molar-refractivity contribution in [3.8, 4) is 0 Å². The molecule has 420 valence electrons. The number of allylic oxidation sites excluding steroid dienone is 20. The second-order valence-electron chi connectivity index (χ2n) is 19.9. The fraction of sp³-hybridized carbons (Fsp3) is 0.662. The number of esters is 3. The van der Waals surface area contributed by atoms with Crippen molar-refractivity contribution in [1.29, 1.82) is 0 Å². The molecule has 0 N–H and O–H groups in total.